The molecule has 2 heterocycles. The van der Waals surface area contributed by atoms with Crippen molar-refractivity contribution in [3.8, 4) is 61.8 Å². The minimum absolute atomic E-state index is 0.657. The Balaban J connectivity index is 1.37. The SMILES string of the molecule is c1ccc(-c2cc(-c3ccccc3)nc(-n3cc4c5c(cccc53)-c3ccccc3-c3cc5ccccc5cc3-4)n2)cc1. The number of nitrogens with zero attached hydrogens (tertiary/aromatic N) is 3. The number of benzene rings is 6. The summed E-state index contributed by atoms with van der Waals surface area (Å²) in [6, 6.07) is 51.5. The van der Waals surface area contributed by atoms with Crippen LogP contribution in [0.3, 0.4) is 0 Å². The first kappa shape index (κ1) is 23.9. The minimum atomic E-state index is 0.657. The maximum atomic E-state index is 5.17. The number of rotatable bonds is 3. The summed E-state index contributed by atoms with van der Waals surface area (Å²) in [6.07, 6.45) is 2.24. The van der Waals surface area contributed by atoms with Gasteiger partial charge in [-0.25, -0.2) is 9.97 Å². The Morgan fingerprint density at radius 1 is 0.395 bits per heavy atom. The molecule has 0 saturated heterocycles. The van der Waals surface area contributed by atoms with Crippen LogP contribution >= 0.6 is 0 Å². The van der Waals surface area contributed by atoms with Gasteiger partial charge in [-0.1, -0.05) is 121 Å². The van der Waals surface area contributed by atoms with Gasteiger partial charge in [0.25, 0.3) is 0 Å². The third kappa shape index (κ3) is 3.75. The van der Waals surface area contributed by atoms with Crippen molar-refractivity contribution in [2.45, 2.75) is 0 Å². The van der Waals surface area contributed by atoms with E-state index in [2.05, 4.69) is 144 Å². The van der Waals surface area contributed by atoms with Gasteiger partial charge in [-0.2, -0.15) is 0 Å². The van der Waals surface area contributed by atoms with Gasteiger partial charge in [-0.3, -0.25) is 4.57 Å². The zero-order chi connectivity index (χ0) is 28.3. The van der Waals surface area contributed by atoms with Crippen LogP contribution in [0.2, 0.25) is 0 Å². The number of aromatic nitrogens is 3. The average Bonchev–Trinajstić information content (AvgIpc) is 3.43. The predicted octanol–water partition coefficient (Wildman–Crippen LogP) is 10.2. The van der Waals surface area contributed by atoms with E-state index in [0.717, 1.165) is 28.0 Å². The van der Waals surface area contributed by atoms with Crippen molar-refractivity contribution in [1.29, 1.82) is 0 Å². The molecule has 8 aromatic rings. The molecular formula is C40H25N3. The van der Waals surface area contributed by atoms with Crippen LogP contribution in [0.15, 0.2) is 152 Å². The fourth-order valence-corrected chi connectivity index (χ4v) is 6.58. The molecule has 1 aliphatic carbocycles. The molecule has 0 unspecified atom stereocenters. The highest BCUT2D eigenvalue weighted by atomic mass is 15.2. The molecule has 3 heteroatoms. The normalized spacial score (nSPS) is 11.7. The largest absolute Gasteiger partial charge is 0.285 e. The molecule has 43 heavy (non-hydrogen) atoms. The number of hydrogen-bond acceptors (Lipinski definition) is 2. The zero-order valence-corrected chi connectivity index (χ0v) is 23.3. The predicted molar refractivity (Wildman–Crippen MR) is 177 cm³/mol. The maximum absolute atomic E-state index is 5.17. The summed E-state index contributed by atoms with van der Waals surface area (Å²) in [7, 11) is 0. The lowest BCUT2D eigenvalue weighted by Gasteiger charge is -2.14. The highest BCUT2D eigenvalue weighted by Gasteiger charge is 2.25. The van der Waals surface area contributed by atoms with Crippen molar-refractivity contribution >= 4 is 21.7 Å². The first-order chi connectivity index (χ1) is 21.3. The Kier molecular flexibility index (Phi) is 5.20. The third-order valence-electron chi connectivity index (χ3n) is 8.58. The van der Waals surface area contributed by atoms with Crippen molar-refractivity contribution < 1.29 is 0 Å². The molecule has 0 fully saturated rings. The zero-order valence-electron chi connectivity index (χ0n) is 23.3. The van der Waals surface area contributed by atoms with E-state index in [1.807, 2.05) is 12.1 Å². The van der Waals surface area contributed by atoms with E-state index in [1.54, 1.807) is 0 Å². The van der Waals surface area contributed by atoms with Crippen molar-refractivity contribution in [1.82, 2.24) is 14.5 Å². The monoisotopic (exact) mass is 547 g/mol. The molecule has 2 aromatic heterocycles. The smallest absolute Gasteiger partial charge is 0.235 e. The molecule has 0 radical (unpaired) electrons. The van der Waals surface area contributed by atoms with Gasteiger partial charge in [0.05, 0.1) is 16.9 Å². The standard InChI is InChI=1S/C40H25N3/c1-3-12-26(13-4-1)36-24-37(27-14-5-2-6-15-27)42-40(41-36)43-25-35-34-23-29-17-8-7-16-28(29)22-33(34)31-19-10-9-18-30(31)32-20-11-21-38(43)39(32)35/h1-25H. The van der Waals surface area contributed by atoms with Crippen LogP contribution in [-0.2, 0) is 0 Å². The number of hydrogen-bond donors (Lipinski definition) is 0. The molecule has 1 aliphatic rings. The summed E-state index contributed by atoms with van der Waals surface area (Å²) >= 11 is 0. The van der Waals surface area contributed by atoms with E-state index < -0.39 is 0 Å². The Bertz CT molecular complexity index is 2280. The van der Waals surface area contributed by atoms with Crippen LogP contribution in [0.4, 0.5) is 0 Å². The molecule has 9 rings (SSSR count). The van der Waals surface area contributed by atoms with E-state index in [-0.39, 0.29) is 0 Å². The minimum Gasteiger partial charge on any atom is -0.285 e. The van der Waals surface area contributed by atoms with E-state index in [1.165, 1.54) is 49.5 Å². The van der Waals surface area contributed by atoms with E-state index in [9.17, 15) is 0 Å². The summed E-state index contributed by atoms with van der Waals surface area (Å²) in [5.41, 5.74) is 12.4. The van der Waals surface area contributed by atoms with Crippen LogP contribution in [0.5, 0.6) is 0 Å². The first-order valence-corrected chi connectivity index (χ1v) is 14.6. The molecule has 0 N–H and O–H groups in total. The van der Waals surface area contributed by atoms with Crippen LogP contribution in [-0.4, -0.2) is 14.5 Å². The average molecular weight is 548 g/mol. The summed E-state index contributed by atoms with van der Waals surface area (Å²) in [6.45, 7) is 0. The third-order valence-corrected chi connectivity index (χ3v) is 8.58. The van der Waals surface area contributed by atoms with Crippen molar-refractivity contribution in [2.24, 2.45) is 0 Å². The lowest BCUT2D eigenvalue weighted by Crippen LogP contribution is -2.03. The van der Waals surface area contributed by atoms with Gasteiger partial charge in [0, 0.05) is 28.3 Å². The number of fused-ring (bicyclic) bond motifs is 6. The van der Waals surface area contributed by atoms with Gasteiger partial charge in [-0.05, 0) is 62.9 Å². The Morgan fingerprint density at radius 2 is 0.907 bits per heavy atom. The van der Waals surface area contributed by atoms with Gasteiger partial charge in [0.2, 0.25) is 5.95 Å². The van der Waals surface area contributed by atoms with Crippen LogP contribution in [0.25, 0.3) is 83.5 Å². The second kappa shape index (κ2) is 9.37. The topological polar surface area (TPSA) is 30.7 Å². The van der Waals surface area contributed by atoms with Gasteiger partial charge in [-0.15, -0.1) is 0 Å². The van der Waals surface area contributed by atoms with Crippen LogP contribution < -0.4 is 0 Å². The van der Waals surface area contributed by atoms with Crippen molar-refractivity contribution in [3.63, 3.8) is 0 Å². The molecule has 0 amide bonds. The lowest BCUT2D eigenvalue weighted by molar-refractivity contribution is 0.969. The van der Waals surface area contributed by atoms with Gasteiger partial charge in [0.1, 0.15) is 0 Å². The first-order valence-electron chi connectivity index (χ1n) is 14.6. The molecule has 3 nitrogen and oxygen atoms in total. The van der Waals surface area contributed by atoms with E-state index in [4.69, 9.17) is 9.97 Å². The molecule has 200 valence electrons. The van der Waals surface area contributed by atoms with Crippen molar-refractivity contribution in [2.75, 3.05) is 0 Å². The van der Waals surface area contributed by atoms with Gasteiger partial charge >= 0.3 is 0 Å². The van der Waals surface area contributed by atoms with Gasteiger partial charge in [0.15, 0.2) is 0 Å². The second-order valence-electron chi connectivity index (χ2n) is 11.1. The second-order valence-corrected chi connectivity index (χ2v) is 11.1. The summed E-state index contributed by atoms with van der Waals surface area (Å²) in [5, 5.41) is 3.69. The quantitative estimate of drug-likeness (QED) is 0.220. The van der Waals surface area contributed by atoms with Crippen molar-refractivity contribution in [3.05, 3.63) is 152 Å². The maximum Gasteiger partial charge on any atom is 0.235 e. The van der Waals surface area contributed by atoms with E-state index >= 15 is 0 Å². The molecule has 0 saturated carbocycles. The van der Waals surface area contributed by atoms with E-state index in [0.29, 0.717) is 5.95 Å². The molecule has 0 spiro atoms. The lowest BCUT2D eigenvalue weighted by atomic mass is 9.92. The highest BCUT2D eigenvalue weighted by molar-refractivity contribution is 6.15. The summed E-state index contributed by atoms with van der Waals surface area (Å²) in [5.74, 6) is 0.657. The fraction of sp³-hybridized carbons (Fsp3) is 0. The van der Waals surface area contributed by atoms with Gasteiger partial charge < -0.3 is 0 Å². The Labute approximate surface area is 249 Å². The molecule has 0 aliphatic heterocycles. The fourth-order valence-electron chi connectivity index (χ4n) is 6.58. The summed E-state index contributed by atoms with van der Waals surface area (Å²) in [4.78, 5) is 10.3. The molecule has 6 aromatic carbocycles. The van der Waals surface area contributed by atoms with Crippen LogP contribution in [0.1, 0.15) is 0 Å². The molecular weight excluding hydrogens is 522 g/mol. The molecule has 0 atom stereocenters. The van der Waals surface area contributed by atoms with Crippen LogP contribution in [0, 0.1) is 0 Å². The summed E-state index contributed by atoms with van der Waals surface area (Å²) < 4.78 is 2.18. The Hall–Kier alpha value is -5.80. The highest BCUT2D eigenvalue weighted by Crippen LogP contribution is 2.49. The molecule has 0 bridgehead atoms. The Morgan fingerprint density at radius 3 is 1.53 bits per heavy atom.